The maximum absolute atomic E-state index is 11.2. The maximum atomic E-state index is 11.2. The van der Waals surface area contributed by atoms with Crippen LogP contribution >= 0.6 is 0 Å². The lowest BCUT2D eigenvalue weighted by molar-refractivity contribution is 0.0697. The van der Waals surface area contributed by atoms with Gasteiger partial charge in [-0.2, -0.15) is 0 Å². The van der Waals surface area contributed by atoms with Gasteiger partial charge in [0, 0.05) is 18.8 Å². The fourth-order valence-corrected chi connectivity index (χ4v) is 2.56. The molecule has 92 valence electrons. The average molecular weight is 234 g/mol. The van der Waals surface area contributed by atoms with E-state index in [0.717, 1.165) is 25.1 Å². The summed E-state index contributed by atoms with van der Waals surface area (Å²) in [5.74, 6) is -0.167. The van der Waals surface area contributed by atoms with Gasteiger partial charge in [-0.1, -0.05) is 6.92 Å². The van der Waals surface area contributed by atoms with Gasteiger partial charge in [-0.25, -0.2) is 4.79 Å². The van der Waals surface area contributed by atoms with Crippen molar-refractivity contribution in [3.8, 4) is 0 Å². The van der Waals surface area contributed by atoms with Gasteiger partial charge in [0.2, 0.25) is 0 Å². The minimum absolute atomic E-state index is 0.349. The summed E-state index contributed by atoms with van der Waals surface area (Å²) < 4.78 is 0. The smallest absolute Gasteiger partial charge is 0.337 e. The van der Waals surface area contributed by atoms with Crippen molar-refractivity contribution < 1.29 is 9.90 Å². The number of hydrogen-bond acceptors (Lipinski definition) is 3. The van der Waals surface area contributed by atoms with Crippen molar-refractivity contribution >= 4 is 11.7 Å². The number of carboxylic acid groups (broad SMARTS) is 1. The molecule has 0 bridgehead atoms. The van der Waals surface area contributed by atoms with Crippen LogP contribution in [0.3, 0.4) is 0 Å². The molecule has 0 saturated carbocycles. The highest BCUT2D eigenvalue weighted by atomic mass is 16.4. The zero-order chi connectivity index (χ0) is 12.4. The van der Waals surface area contributed by atoms with Gasteiger partial charge < -0.3 is 10.0 Å². The van der Waals surface area contributed by atoms with E-state index in [0.29, 0.717) is 17.5 Å². The average Bonchev–Trinajstić information content (AvgIpc) is 2.29. The minimum Gasteiger partial charge on any atom is -0.478 e. The van der Waals surface area contributed by atoms with Crippen molar-refractivity contribution in [2.24, 2.45) is 5.92 Å². The molecule has 0 aliphatic carbocycles. The maximum Gasteiger partial charge on any atom is 0.337 e. The molecule has 0 spiro atoms. The SMILES string of the molecule is CC1CCN(c2cnccc2C(=O)O)C(C)C1. The quantitative estimate of drug-likeness (QED) is 0.853. The Kier molecular flexibility index (Phi) is 3.31. The van der Waals surface area contributed by atoms with E-state index in [1.54, 1.807) is 12.3 Å². The number of carbonyl (C=O) groups is 1. The van der Waals surface area contributed by atoms with E-state index >= 15 is 0 Å². The first kappa shape index (κ1) is 11.9. The number of aromatic carboxylic acids is 1. The summed E-state index contributed by atoms with van der Waals surface area (Å²) in [5.41, 5.74) is 1.10. The van der Waals surface area contributed by atoms with Gasteiger partial charge in [0.1, 0.15) is 0 Å². The molecule has 17 heavy (non-hydrogen) atoms. The monoisotopic (exact) mass is 234 g/mol. The molecule has 1 saturated heterocycles. The lowest BCUT2D eigenvalue weighted by Crippen LogP contribution is -2.41. The Balaban J connectivity index is 2.30. The summed E-state index contributed by atoms with van der Waals surface area (Å²) in [6, 6.07) is 1.95. The van der Waals surface area contributed by atoms with E-state index in [1.165, 1.54) is 6.20 Å². The highest BCUT2D eigenvalue weighted by Crippen LogP contribution is 2.29. The standard InChI is InChI=1S/C13H18N2O2/c1-9-4-6-15(10(2)7-9)12-8-14-5-3-11(12)13(16)17/h3,5,8-10H,4,6-7H2,1-2H3,(H,16,17). The van der Waals surface area contributed by atoms with Crippen LogP contribution in [0.2, 0.25) is 0 Å². The van der Waals surface area contributed by atoms with Crippen molar-refractivity contribution in [1.29, 1.82) is 0 Å². The van der Waals surface area contributed by atoms with Gasteiger partial charge in [-0.15, -0.1) is 0 Å². The number of nitrogens with zero attached hydrogens (tertiary/aromatic N) is 2. The molecule has 2 rings (SSSR count). The normalized spacial score (nSPS) is 24.7. The Morgan fingerprint density at radius 1 is 1.53 bits per heavy atom. The van der Waals surface area contributed by atoms with Crippen LogP contribution in [-0.2, 0) is 0 Å². The molecule has 4 heteroatoms. The Bertz CT molecular complexity index is 420. The highest BCUT2D eigenvalue weighted by Gasteiger charge is 2.26. The van der Waals surface area contributed by atoms with Gasteiger partial charge in [0.25, 0.3) is 0 Å². The molecule has 1 aliphatic heterocycles. The molecule has 1 aromatic heterocycles. The van der Waals surface area contributed by atoms with Crippen molar-refractivity contribution in [1.82, 2.24) is 4.98 Å². The molecule has 0 amide bonds. The first-order chi connectivity index (χ1) is 8.09. The van der Waals surface area contributed by atoms with E-state index in [9.17, 15) is 9.90 Å². The van der Waals surface area contributed by atoms with Crippen LogP contribution in [0.5, 0.6) is 0 Å². The second-order valence-electron chi connectivity index (χ2n) is 4.87. The van der Waals surface area contributed by atoms with E-state index < -0.39 is 5.97 Å². The number of rotatable bonds is 2. The number of carboxylic acids is 1. The molecule has 0 radical (unpaired) electrons. The third kappa shape index (κ3) is 2.40. The predicted molar refractivity (Wildman–Crippen MR) is 66.4 cm³/mol. The van der Waals surface area contributed by atoms with Crippen LogP contribution < -0.4 is 4.90 Å². The number of pyridine rings is 1. The summed E-state index contributed by atoms with van der Waals surface area (Å²) in [4.78, 5) is 17.4. The Labute approximate surface area is 101 Å². The van der Waals surface area contributed by atoms with E-state index in [2.05, 4.69) is 23.7 Å². The predicted octanol–water partition coefficient (Wildman–Crippen LogP) is 2.40. The first-order valence-electron chi connectivity index (χ1n) is 6.03. The van der Waals surface area contributed by atoms with Crippen molar-refractivity contribution in [3.63, 3.8) is 0 Å². The summed E-state index contributed by atoms with van der Waals surface area (Å²) in [6.07, 6.45) is 5.41. The molecule has 1 aromatic rings. The van der Waals surface area contributed by atoms with Crippen LogP contribution in [0.1, 0.15) is 37.0 Å². The van der Waals surface area contributed by atoms with Gasteiger partial charge in [-0.05, 0) is 31.7 Å². The van der Waals surface area contributed by atoms with E-state index in [4.69, 9.17) is 0 Å². The van der Waals surface area contributed by atoms with Gasteiger partial charge >= 0.3 is 5.97 Å². The van der Waals surface area contributed by atoms with Crippen LogP contribution in [0.4, 0.5) is 5.69 Å². The number of anilines is 1. The van der Waals surface area contributed by atoms with Crippen molar-refractivity contribution in [3.05, 3.63) is 24.0 Å². The fourth-order valence-electron chi connectivity index (χ4n) is 2.56. The lowest BCUT2D eigenvalue weighted by Gasteiger charge is -2.38. The van der Waals surface area contributed by atoms with Crippen LogP contribution in [-0.4, -0.2) is 28.6 Å². The molecule has 0 aromatic carbocycles. The minimum atomic E-state index is -0.881. The second-order valence-corrected chi connectivity index (χ2v) is 4.87. The summed E-state index contributed by atoms with van der Waals surface area (Å²) in [5, 5.41) is 9.18. The highest BCUT2D eigenvalue weighted by molar-refractivity contribution is 5.94. The zero-order valence-electron chi connectivity index (χ0n) is 10.3. The molecule has 1 N–H and O–H groups in total. The molecular formula is C13H18N2O2. The number of aromatic nitrogens is 1. The Morgan fingerprint density at radius 3 is 2.94 bits per heavy atom. The van der Waals surface area contributed by atoms with Gasteiger partial charge in [-0.3, -0.25) is 4.98 Å². The van der Waals surface area contributed by atoms with Crippen LogP contribution in [0, 0.1) is 5.92 Å². The zero-order valence-corrected chi connectivity index (χ0v) is 10.3. The Hall–Kier alpha value is -1.58. The van der Waals surface area contributed by atoms with Gasteiger partial charge in [0.05, 0.1) is 17.4 Å². The number of piperidine rings is 1. The largest absolute Gasteiger partial charge is 0.478 e. The first-order valence-corrected chi connectivity index (χ1v) is 6.03. The summed E-state index contributed by atoms with van der Waals surface area (Å²) >= 11 is 0. The third-order valence-electron chi connectivity index (χ3n) is 3.48. The summed E-state index contributed by atoms with van der Waals surface area (Å²) in [6.45, 7) is 5.30. The molecule has 2 atom stereocenters. The van der Waals surface area contributed by atoms with Crippen LogP contribution in [0.25, 0.3) is 0 Å². The summed E-state index contributed by atoms with van der Waals surface area (Å²) in [7, 11) is 0. The number of hydrogen-bond donors (Lipinski definition) is 1. The molecule has 2 unspecified atom stereocenters. The molecule has 4 nitrogen and oxygen atoms in total. The second kappa shape index (κ2) is 4.73. The van der Waals surface area contributed by atoms with Crippen molar-refractivity contribution in [2.45, 2.75) is 32.7 Å². The molecule has 1 aliphatic rings. The topological polar surface area (TPSA) is 53.4 Å². The van der Waals surface area contributed by atoms with Crippen molar-refractivity contribution in [2.75, 3.05) is 11.4 Å². The van der Waals surface area contributed by atoms with Gasteiger partial charge in [0.15, 0.2) is 0 Å². The van der Waals surface area contributed by atoms with E-state index in [1.807, 2.05) is 0 Å². The van der Waals surface area contributed by atoms with E-state index in [-0.39, 0.29) is 0 Å². The molecule has 1 fully saturated rings. The fraction of sp³-hybridized carbons (Fsp3) is 0.538. The molecule has 2 heterocycles. The van der Waals surface area contributed by atoms with Crippen LogP contribution in [0.15, 0.2) is 18.5 Å². The lowest BCUT2D eigenvalue weighted by atomic mass is 9.92. The molecular weight excluding hydrogens is 216 g/mol. The third-order valence-corrected chi connectivity index (χ3v) is 3.48. The Morgan fingerprint density at radius 2 is 2.29 bits per heavy atom.